The fourth-order valence-corrected chi connectivity index (χ4v) is 4.01. The van der Waals surface area contributed by atoms with Gasteiger partial charge in [-0.2, -0.15) is 0 Å². The van der Waals surface area contributed by atoms with Gasteiger partial charge in [-0.05, 0) is 62.9 Å². The average molecular weight is 393 g/mol. The molecule has 1 aromatic heterocycles. The Balaban J connectivity index is 1.45. The highest BCUT2D eigenvalue weighted by atomic mass is 16.5. The Morgan fingerprint density at radius 3 is 2.76 bits per heavy atom. The van der Waals surface area contributed by atoms with Crippen LogP contribution in [0.15, 0.2) is 24.3 Å². The van der Waals surface area contributed by atoms with Gasteiger partial charge in [0.05, 0.1) is 11.0 Å². The van der Waals surface area contributed by atoms with Crippen LogP contribution in [0.2, 0.25) is 0 Å². The van der Waals surface area contributed by atoms with Crippen LogP contribution in [0.1, 0.15) is 41.4 Å². The van der Waals surface area contributed by atoms with Crippen molar-refractivity contribution >= 4 is 16.9 Å². The number of carbonyl (C=O) groups is 1. The lowest BCUT2D eigenvalue weighted by Crippen LogP contribution is -2.51. The van der Waals surface area contributed by atoms with Gasteiger partial charge in [0.2, 0.25) is 0 Å². The van der Waals surface area contributed by atoms with Crippen molar-refractivity contribution < 1.29 is 14.6 Å². The van der Waals surface area contributed by atoms with Gasteiger partial charge in [-0.25, -0.2) is 4.98 Å². The molecule has 6 heteroatoms. The van der Waals surface area contributed by atoms with Gasteiger partial charge in [-0.1, -0.05) is 12.1 Å². The number of H-pyrrole nitrogens is 1. The molecule has 0 fully saturated rings. The minimum absolute atomic E-state index is 0.123. The summed E-state index contributed by atoms with van der Waals surface area (Å²) in [6, 6.07) is 7.88. The zero-order valence-electron chi connectivity index (χ0n) is 17.3. The summed E-state index contributed by atoms with van der Waals surface area (Å²) in [4.78, 5) is 20.7. The summed E-state index contributed by atoms with van der Waals surface area (Å²) in [6.45, 7) is 8.03. The highest BCUT2D eigenvalue weighted by Gasteiger charge is 2.40. The van der Waals surface area contributed by atoms with Crippen LogP contribution in [0.5, 0.6) is 11.5 Å². The summed E-state index contributed by atoms with van der Waals surface area (Å²) in [7, 11) is 0. The molecule has 1 amide bonds. The predicted octanol–water partition coefficient (Wildman–Crippen LogP) is 3.64. The summed E-state index contributed by atoms with van der Waals surface area (Å²) >= 11 is 0. The Labute approximate surface area is 170 Å². The molecular formula is C23H27N3O3. The van der Waals surface area contributed by atoms with Crippen molar-refractivity contribution in [2.75, 3.05) is 6.54 Å². The highest BCUT2D eigenvalue weighted by Crippen LogP contribution is 2.43. The van der Waals surface area contributed by atoms with Crippen molar-refractivity contribution in [2.45, 2.75) is 52.6 Å². The third kappa shape index (κ3) is 3.33. The molecule has 0 saturated heterocycles. The number of rotatable bonds is 4. The second-order valence-electron chi connectivity index (χ2n) is 8.07. The molecule has 1 atom stereocenters. The molecule has 152 valence electrons. The van der Waals surface area contributed by atoms with E-state index in [0.29, 0.717) is 31.6 Å². The van der Waals surface area contributed by atoms with E-state index in [1.807, 2.05) is 52.0 Å². The number of aromatic nitrogens is 2. The molecule has 2 aromatic carbocycles. The molecule has 6 nitrogen and oxygen atoms in total. The first-order chi connectivity index (χ1) is 13.8. The van der Waals surface area contributed by atoms with Crippen molar-refractivity contribution in [1.82, 2.24) is 15.3 Å². The molecule has 2 heterocycles. The Morgan fingerprint density at radius 1 is 1.24 bits per heavy atom. The number of nitrogens with one attached hydrogen (secondary N) is 2. The second-order valence-corrected chi connectivity index (χ2v) is 8.07. The maximum atomic E-state index is 12.9. The van der Waals surface area contributed by atoms with E-state index in [1.165, 1.54) is 0 Å². The van der Waals surface area contributed by atoms with Gasteiger partial charge in [0.1, 0.15) is 17.3 Å². The van der Waals surface area contributed by atoms with Crippen LogP contribution in [0.25, 0.3) is 11.0 Å². The van der Waals surface area contributed by atoms with Crippen LogP contribution in [0.3, 0.4) is 0 Å². The number of fused-ring (bicyclic) bond motifs is 2. The number of amides is 1. The predicted molar refractivity (Wildman–Crippen MR) is 112 cm³/mol. The number of imidazole rings is 1. The molecular weight excluding hydrogens is 366 g/mol. The average Bonchev–Trinajstić information content (AvgIpc) is 3.13. The van der Waals surface area contributed by atoms with Crippen LogP contribution in [0, 0.1) is 20.8 Å². The van der Waals surface area contributed by atoms with E-state index in [9.17, 15) is 9.90 Å². The summed E-state index contributed by atoms with van der Waals surface area (Å²) in [5, 5.41) is 13.3. The number of aromatic amines is 1. The van der Waals surface area contributed by atoms with E-state index in [-0.39, 0.29) is 5.91 Å². The Morgan fingerprint density at radius 2 is 2.00 bits per heavy atom. The molecule has 0 spiro atoms. The fraction of sp³-hybridized carbons (Fsp3) is 0.391. The van der Waals surface area contributed by atoms with Gasteiger partial charge < -0.3 is 20.1 Å². The zero-order valence-corrected chi connectivity index (χ0v) is 17.3. The van der Waals surface area contributed by atoms with Gasteiger partial charge >= 0.3 is 0 Å². The number of aromatic hydroxyl groups is 1. The first-order valence-corrected chi connectivity index (χ1v) is 10.0. The molecule has 3 aromatic rings. The van der Waals surface area contributed by atoms with Gasteiger partial charge in [-0.3, -0.25) is 4.79 Å². The smallest absolute Gasteiger partial charge is 0.263 e. The van der Waals surface area contributed by atoms with Gasteiger partial charge in [0.15, 0.2) is 5.60 Å². The minimum atomic E-state index is -0.929. The summed E-state index contributed by atoms with van der Waals surface area (Å²) in [5.41, 5.74) is 4.53. The second kappa shape index (κ2) is 7.10. The van der Waals surface area contributed by atoms with Crippen molar-refractivity contribution in [3.8, 4) is 11.5 Å². The van der Waals surface area contributed by atoms with Crippen molar-refractivity contribution in [2.24, 2.45) is 0 Å². The van der Waals surface area contributed by atoms with E-state index < -0.39 is 5.60 Å². The van der Waals surface area contributed by atoms with Crippen LogP contribution < -0.4 is 10.1 Å². The summed E-state index contributed by atoms with van der Waals surface area (Å²) in [5.74, 6) is 1.79. The van der Waals surface area contributed by atoms with Gasteiger partial charge in [-0.15, -0.1) is 0 Å². The molecule has 1 unspecified atom stereocenters. The maximum Gasteiger partial charge on any atom is 0.263 e. The SMILES string of the molecule is Cc1c(C)c2c(c(C)c1O)CCC(C)(C(=O)NCCc1nc3ccccc3[nH]1)O2. The fourth-order valence-electron chi connectivity index (χ4n) is 4.01. The van der Waals surface area contributed by atoms with Crippen LogP contribution in [-0.4, -0.2) is 33.1 Å². The van der Waals surface area contributed by atoms with E-state index in [1.54, 1.807) is 0 Å². The monoisotopic (exact) mass is 393 g/mol. The molecule has 0 radical (unpaired) electrons. The lowest BCUT2D eigenvalue weighted by Gasteiger charge is -2.36. The van der Waals surface area contributed by atoms with E-state index in [4.69, 9.17) is 4.74 Å². The van der Waals surface area contributed by atoms with E-state index >= 15 is 0 Å². The molecule has 0 saturated carbocycles. The van der Waals surface area contributed by atoms with E-state index in [0.717, 1.165) is 44.9 Å². The molecule has 1 aliphatic rings. The molecule has 4 rings (SSSR count). The Kier molecular flexibility index (Phi) is 4.73. The topological polar surface area (TPSA) is 87.2 Å². The number of phenols is 1. The quantitative estimate of drug-likeness (QED) is 0.632. The van der Waals surface area contributed by atoms with Crippen LogP contribution in [-0.2, 0) is 17.6 Å². The molecule has 0 aliphatic carbocycles. The van der Waals surface area contributed by atoms with Crippen molar-refractivity contribution in [1.29, 1.82) is 0 Å². The highest BCUT2D eigenvalue weighted by molar-refractivity contribution is 5.86. The van der Waals surface area contributed by atoms with Crippen molar-refractivity contribution in [3.05, 3.63) is 52.3 Å². The maximum absolute atomic E-state index is 12.9. The number of carbonyl (C=O) groups excluding carboxylic acids is 1. The Hall–Kier alpha value is -3.02. The third-order valence-corrected chi connectivity index (χ3v) is 6.09. The molecule has 0 bridgehead atoms. The lowest BCUT2D eigenvalue weighted by molar-refractivity contribution is -0.136. The summed E-state index contributed by atoms with van der Waals surface area (Å²) < 4.78 is 6.23. The van der Waals surface area contributed by atoms with Crippen molar-refractivity contribution in [3.63, 3.8) is 0 Å². The minimum Gasteiger partial charge on any atom is -0.507 e. The Bertz CT molecular complexity index is 1070. The molecule has 29 heavy (non-hydrogen) atoms. The number of hydrogen-bond donors (Lipinski definition) is 3. The molecule has 3 N–H and O–H groups in total. The van der Waals surface area contributed by atoms with Crippen LogP contribution in [0.4, 0.5) is 0 Å². The lowest BCUT2D eigenvalue weighted by atomic mass is 9.86. The van der Waals surface area contributed by atoms with Gasteiger partial charge in [0, 0.05) is 24.9 Å². The first-order valence-electron chi connectivity index (χ1n) is 10.0. The third-order valence-electron chi connectivity index (χ3n) is 6.09. The number of hydrogen-bond acceptors (Lipinski definition) is 4. The normalized spacial score (nSPS) is 18.3. The van der Waals surface area contributed by atoms with Crippen LogP contribution >= 0.6 is 0 Å². The molecule has 1 aliphatic heterocycles. The standard InChI is InChI=1S/C23H27N3O3/c1-13-14(2)21-16(15(3)20(13)27)9-11-23(4,29-21)22(28)24-12-10-19-25-17-7-5-6-8-18(17)26-19/h5-8,27H,9-12H2,1-4H3,(H,24,28)(H,25,26). The van der Waals surface area contributed by atoms with Gasteiger partial charge in [0.25, 0.3) is 5.91 Å². The number of nitrogens with zero attached hydrogens (tertiary/aromatic N) is 1. The first kappa shape index (κ1) is 19.3. The number of benzene rings is 2. The largest absolute Gasteiger partial charge is 0.507 e. The number of para-hydroxylation sites is 2. The number of ether oxygens (including phenoxy) is 1. The van der Waals surface area contributed by atoms with E-state index in [2.05, 4.69) is 15.3 Å². The zero-order chi connectivity index (χ0) is 20.8. The summed E-state index contributed by atoms with van der Waals surface area (Å²) in [6.07, 6.45) is 1.89. The number of phenolic OH excluding ortho intramolecular Hbond substituents is 1.